The van der Waals surface area contributed by atoms with Gasteiger partial charge in [0.05, 0.1) is 17.0 Å². The molecule has 0 saturated carbocycles. The van der Waals surface area contributed by atoms with Gasteiger partial charge in [0.2, 0.25) is 0 Å². The van der Waals surface area contributed by atoms with Crippen molar-refractivity contribution in [2.75, 3.05) is 0 Å². The summed E-state index contributed by atoms with van der Waals surface area (Å²) in [5.74, 6) is 0.721. The van der Waals surface area contributed by atoms with Crippen LogP contribution in [0.2, 0.25) is 0 Å². The molecule has 0 radical (unpaired) electrons. The van der Waals surface area contributed by atoms with Crippen LogP contribution < -0.4 is 0 Å². The molecule has 5 heteroatoms. The fourth-order valence-corrected chi connectivity index (χ4v) is 6.63. The number of aromatic nitrogens is 3. The maximum atomic E-state index is 6.59. The number of para-hydroxylation sites is 1. The predicted octanol–water partition coefficient (Wildman–Crippen LogP) is 12.4. The molecule has 0 fully saturated rings. The van der Waals surface area contributed by atoms with E-state index in [1.807, 2.05) is 36.5 Å². The summed E-state index contributed by atoms with van der Waals surface area (Å²) in [6.07, 6.45) is 1.88. The van der Waals surface area contributed by atoms with E-state index in [0.29, 0.717) is 11.8 Å². The van der Waals surface area contributed by atoms with E-state index < -0.39 is 0 Å². The second-order valence-electron chi connectivity index (χ2n) is 13.9. The van der Waals surface area contributed by atoms with Crippen molar-refractivity contribution in [3.63, 3.8) is 0 Å². The Morgan fingerprint density at radius 2 is 1.33 bits per heavy atom. The van der Waals surface area contributed by atoms with Crippen molar-refractivity contribution in [3.05, 3.63) is 150 Å². The van der Waals surface area contributed by atoms with Gasteiger partial charge in [-0.2, -0.15) is 29.3 Å². The summed E-state index contributed by atoms with van der Waals surface area (Å²) in [6, 6.07) is 46.1. The van der Waals surface area contributed by atoms with Crippen LogP contribution in [0.25, 0.3) is 78.2 Å². The van der Waals surface area contributed by atoms with E-state index in [-0.39, 0.29) is 20.1 Å². The average molecular weight is 853 g/mol. The van der Waals surface area contributed by atoms with Crippen LogP contribution in [0.1, 0.15) is 61.8 Å². The number of hydrogen-bond donors (Lipinski definition) is 0. The molecule has 0 N–H and O–H groups in total. The minimum absolute atomic E-state index is 0. The zero-order valence-corrected chi connectivity index (χ0v) is 32.5. The summed E-state index contributed by atoms with van der Waals surface area (Å²) in [7, 11) is 0. The van der Waals surface area contributed by atoms with Crippen LogP contribution in [0.4, 0.5) is 0 Å². The second-order valence-corrected chi connectivity index (χ2v) is 13.9. The topological polar surface area (TPSA) is 51.8 Å². The van der Waals surface area contributed by atoms with Gasteiger partial charge in [-0.3, -0.25) is 15.0 Å². The van der Waals surface area contributed by atoms with Gasteiger partial charge in [-0.15, -0.1) is 59.7 Å². The molecule has 4 heterocycles. The Labute approximate surface area is 319 Å². The Balaban J connectivity index is 0.00000420. The van der Waals surface area contributed by atoms with Crippen molar-refractivity contribution >= 4 is 21.9 Å². The first-order valence-corrected chi connectivity index (χ1v) is 17.6. The van der Waals surface area contributed by atoms with Crippen LogP contribution in [0, 0.1) is 32.0 Å². The minimum atomic E-state index is 0. The van der Waals surface area contributed by atoms with Gasteiger partial charge < -0.3 is 4.42 Å². The number of nitrogens with zero attached hydrogens (tertiary/aromatic N) is 3. The molecule has 0 atom stereocenters. The third kappa shape index (κ3) is 6.63. The third-order valence-corrected chi connectivity index (χ3v) is 9.75. The first kappa shape index (κ1) is 35.2. The molecule has 4 aromatic heterocycles. The Bertz CT molecular complexity index is 2570. The molecule has 0 amide bonds. The molecule has 8 aromatic rings. The van der Waals surface area contributed by atoms with Gasteiger partial charge in [-0.05, 0) is 66.1 Å². The predicted molar refractivity (Wildman–Crippen MR) is 208 cm³/mol. The molecule has 0 aliphatic rings. The molecule has 0 spiro atoms. The molecular weight excluding hydrogens is 815 g/mol. The van der Waals surface area contributed by atoms with E-state index in [4.69, 9.17) is 19.4 Å². The number of rotatable bonds is 7. The zero-order valence-electron chi connectivity index (χ0n) is 30.1. The van der Waals surface area contributed by atoms with Gasteiger partial charge in [-0.1, -0.05) is 80.8 Å². The Kier molecular flexibility index (Phi) is 9.76. The van der Waals surface area contributed by atoms with Gasteiger partial charge in [-0.25, -0.2) is 0 Å². The van der Waals surface area contributed by atoms with Gasteiger partial charge in [0.25, 0.3) is 0 Å². The quantitative estimate of drug-likeness (QED) is 0.150. The van der Waals surface area contributed by atoms with Crippen molar-refractivity contribution in [2.45, 2.75) is 53.4 Å². The largest absolute Gasteiger partial charge is 3.00 e. The van der Waals surface area contributed by atoms with Crippen molar-refractivity contribution in [1.29, 1.82) is 0 Å². The van der Waals surface area contributed by atoms with Crippen molar-refractivity contribution in [3.8, 4) is 56.3 Å². The van der Waals surface area contributed by atoms with Crippen molar-refractivity contribution < 1.29 is 24.5 Å². The number of aryl methyl sites for hydroxylation is 1. The molecular formula is C47H38IrN3O. The standard InChI is InChI=1S/C47H38N3O.Ir/c1-28(2)33-19-20-48-41(25-33)35-16-12-15-34(22-35)37-23-39-38-17-10-11-18-45(38)51-47(39)40(24-37)43-21-30(5)31(6)46(50-43)44-27-36(29(3)4)26-42(49-44)32-13-8-7-9-14-32;/h7-13,15-21,23,25-29H,1-6H3;/q-3;+3. The van der Waals surface area contributed by atoms with E-state index in [1.165, 1.54) is 11.1 Å². The number of pyridine rings is 3. The fraction of sp³-hybridized carbons (Fsp3) is 0.170. The molecule has 52 heavy (non-hydrogen) atoms. The van der Waals surface area contributed by atoms with Crippen molar-refractivity contribution in [2.24, 2.45) is 0 Å². The van der Waals surface area contributed by atoms with Crippen LogP contribution >= 0.6 is 0 Å². The maximum Gasteiger partial charge on any atom is 3.00 e. The van der Waals surface area contributed by atoms with Crippen LogP contribution in [-0.4, -0.2) is 15.0 Å². The first-order chi connectivity index (χ1) is 24.7. The van der Waals surface area contributed by atoms with Crippen LogP contribution in [0.5, 0.6) is 0 Å². The van der Waals surface area contributed by atoms with Gasteiger partial charge >= 0.3 is 20.1 Å². The van der Waals surface area contributed by atoms with Crippen molar-refractivity contribution in [1.82, 2.24) is 15.0 Å². The Hall–Kier alpha value is -5.22. The normalized spacial score (nSPS) is 11.5. The summed E-state index contributed by atoms with van der Waals surface area (Å²) >= 11 is 0. The van der Waals surface area contributed by atoms with E-state index in [9.17, 15) is 0 Å². The Morgan fingerprint density at radius 3 is 2.12 bits per heavy atom. The molecule has 0 unspecified atom stereocenters. The van der Waals surface area contributed by atoms with E-state index >= 15 is 0 Å². The average Bonchev–Trinajstić information content (AvgIpc) is 3.54. The molecule has 0 aliphatic carbocycles. The monoisotopic (exact) mass is 853 g/mol. The van der Waals surface area contributed by atoms with Crippen LogP contribution in [0.15, 0.2) is 114 Å². The van der Waals surface area contributed by atoms with Crippen LogP contribution in [-0.2, 0) is 20.1 Å². The second kappa shape index (κ2) is 14.4. The number of benzene rings is 4. The van der Waals surface area contributed by atoms with E-state index in [2.05, 4.69) is 133 Å². The van der Waals surface area contributed by atoms with Gasteiger partial charge in [0, 0.05) is 23.0 Å². The summed E-state index contributed by atoms with van der Waals surface area (Å²) < 4.78 is 6.59. The number of fused-ring (bicyclic) bond motifs is 3. The molecule has 0 bridgehead atoms. The summed E-state index contributed by atoms with van der Waals surface area (Å²) in [4.78, 5) is 15.2. The van der Waals surface area contributed by atoms with Gasteiger partial charge in [0.15, 0.2) is 0 Å². The molecule has 8 rings (SSSR count). The molecule has 0 aliphatic heterocycles. The molecule has 0 saturated heterocycles. The molecule has 4 aromatic carbocycles. The molecule has 4 nitrogen and oxygen atoms in total. The SMILES string of the molecule is Cc1cc(-c2[c-]c(-c3[c-]c(-c4cc(C(C)C)ccn4)ccc3)cc3c2oc2ccccc23)nc(-c2cc(C(C)C)cc(-c3[c-]cccc3)n2)c1C.[Ir+3]. The summed E-state index contributed by atoms with van der Waals surface area (Å²) in [6.45, 7) is 13.1. The summed E-state index contributed by atoms with van der Waals surface area (Å²) in [5, 5.41) is 2.06. The molecule has 256 valence electrons. The van der Waals surface area contributed by atoms with E-state index in [0.717, 1.165) is 89.4 Å². The number of hydrogen-bond acceptors (Lipinski definition) is 4. The van der Waals surface area contributed by atoms with Crippen LogP contribution in [0.3, 0.4) is 0 Å². The maximum absolute atomic E-state index is 6.59. The third-order valence-electron chi connectivity index (χ3n) is 9.75. The number of furan rings is 1. The van der Waals surface area contributed by atoms with Gasteiger partial charge in [0.1, 0.15) is 5.58 Å². The zero-order chi connectivity index (χ0) is 35.2. The fourth-order valence-electron chi connectivity index (χ4n) is 6.63. The summed E-state index contributed by atoms with van der Waals surface area (Å²) in [5.41, 5.74) is 15.0. The minimum Gasteiger partial charge on any atom is -0.491 e. The van der Waals surface area contributed by atoms with E-state index in [1.54, 1.807) is 0 Å². The first-order valence-electron chi connectivity index (χ1n) is 17.6. The smallest absolute Gasteiger partial charge is 0.491 e. The Morgan fingerprint density at radius 1 is 0.596 bits per heavy atom.